The Morgan fingerprint density at radius 2 is 2.11 bits per heavy atom. The molecule has 0 radical (unpaired) electrons. The fraction of sp³-hybridized carbons (Fsp3) is 0.500. The van der Waals surface area contributed by atoms with E-state index in [-0.39, 0.29) is 12.6 Å². The van der Waals surface area contributed by atoms with Crippen LogP contribution in [0.25, 0.3) is 0 Å². The van der Waals surface area contributed by atoms with E-state index in [9.17, 15) is 4.79 Å². The third kappa shape index (κ3) is 3.23. The van der Waals surface area contributed by atoms with Gasteiger partial charge in [-0.2, -0.15) is 0 Å². The maximum Gasteiger partial charge on any atom is 0.319 e. The van der Waals surface area contributed by atoms with Crippen molar-refractivity contribution in [2.75, 3.05) is 18.5 Å². The smallest absolute Gasteiger partial charge is 0.319 e. The number of benzene rings is 1. The molecule has 0 unspecified atom stereocenters. The number of aryl methyl sites for hydroxylation is 1. The molecule has 0 aliphatic heterocycles. The van der Waals surface area contributed by atoms with Crippen molar-refractivity contribution in [1.82, 2.24) is 5.32 Å². The molecule has 0 saturated carbocycles. The zero-order chi connectivity index (χ0) is 12.8. The Hall–Kier alpha value is -1.55. The number of nitrogens with one attached hydrogen (secondary N) is 2. The topological polar surface area (TPSA) is 61.4 Å². The van der Waals surface area contributed by atoms with Crippen molar-refractivity contribution in [1.29, 1.82) is 0 Å². The minimum atomic E-state index is -0.192. The second-order valence-corrected chi connectivity index (χ2v) is 4.61. The molecule has 4 nitrogen and oxygen atoms in total. The minimum absolute atomic E-state index is 0.0982. The highest BCUT2D eigenvalue weighted by Crippen LogP contribution is 2.27. The first-order chi connectivity index (χ1) is 8.81. The number of rotatable bonds is 4. The molecule has 1 aliphatic carbocycles. The molecule has 0 saturated heterocycles. The summed E-state index contributed by atoms with van der Waals surface area (Å²) in [5.74, 6) is 0. The van der Waals surface area contributed by atoms with Gasteiger partial charge in [0.15, 0.2) is 0 Å². The third-order valence-electron chi connectivity index (χ3n) is 3.26. The van der Waals surface area contributed by atoms with Gasteiger partial charge in [0.25, 0.3) is 0 Å². The van der Waals surface area contributed by atoms with E-state index in [1.807, 2.05) is 12.1 Å². The Kier molecular flexibility index (Phi) is 4.59. The zero-order valence-electron chi connectivity index (χ0n) is 10.5. The molecule has 0 fully saturated rings. The van der Waals surface area contributed by atoms with Crippen LogP contribution in [0.5, 0.6) is 0 Å². The number of fused-ring (bicyclic) bond motifs is 1. The number of hydrogen-bond donors (Lipinski definition) is 3. The second-order valence-electron chi connectivity index (χ2n) is 4.61. The lowest BCUT2D eigenvalue weighted by molar-refractivity contribution is 0.249. The van der Waals surface area contributed by atoms with Gasteiger partial charge in [-0.1, -0.05) is 12.1 Å². The summed E-state index contributed by atoms with van der Waals surface area (Å²) in [6.45, 7) is 0.596. The number of urea groups is 1. The standard InChI is InChI=1S/C14H20N2O2/c17-10-4-9-15-14(18)16-13-8-3-6-11-5-1-2-7-12(11)13/h3,6,8,17H,1-2,4-5,7,9-10H2,(H2,15,16,18). The van der Waals surface area contributed by atoms with Crippen LogP contribution in [0.2, 0.25) is 0 Å². The first-order valence-corrected chi connectivity index (χ1v) is 6.58. The van der Waals surface area contributed by atoms with Crippen molar-refractivity contribution in [3.8, 4) is 0 Å². The fourth-order valence-corrected chi connectivity index (χ4v) is 2.35. The molecule has 1 aromatic rings. The van der Waals surface area contributed by atoms with Crippen LogP contribution in [0.15, 0.2) is 18.2 Å². The molecule has 0 heterocycles. The Morgan fingerprint density at radius 1 is 1.28 bits per heavy atom. The van der Waals surface area contributed by atoms with Crippen LogP contribution in [0.3, 0.4) is 0 Å². The lowest BCUT2D eigenvalue weighted by atomic mass is 9.90. The van der Waals surface area contributed by atoms with Gasteiger partial charge >= 0.3 is 6.03 Å². The Bertz CT molecular complexity index is 418. The highest BCUT2D eigenvalue weighted by atomic mass is 16.3. The maximum absolute atomic E-state index is 11.7. The van der Waals surface area contributed by atoms with Crippen molar-refractivity contribution in [3.05, 3.63) is 29.3 Å². The Balaban J connectivity index is 1.98. The number of carbonyl (C=O) groups excluding carboxylic acids is 1. The number of hydrogen-bond acceptors (Lipinski definition) is 2. The summed E-state index contributed by atoms with van der Waals surface area (Å²) in [6, 6.07) is 5.90. The van der Waals surface area contributed by atoms with Gasteiger partial charge < -0.3 is 15.7 Å². The van der Waals surface area contributed by atoms with E-state index in [1.165, 1.54) is 24.0 Å². The molecule has 1 aliphatic rings. The number of amides is 2. The van der Waals surface area contributed by atoms with Gasteiger partial charge in [-0.25, -0.2) is 4.79 Å². The minimum Gasteiger partial charge on any atom is -0.396 e. The summed E-state index contributed by atoms with van der Waals surface area (Å²) < 4.78 is 0. The average molecular weight is 248 g/mol. The molecular formula is C14H20N2O2. The summed E-state index contributed by atoms with van der Waals surface area (Å²) in [6.07, 6.45) is 5.16. The number of anilines is 1. The summed E-state index contributed by atoms with van der Waals surface area (Å²) >= 11 is 0. The second kappa shape index (κ2) is 6.40. The lowest BCUT2D eigenvalue weighted by Crippen LogP contribution is -2.30. The van der Waals surface area contributed by atoms with Gasteiger partial charge in [0, 0.05) is 18.8 Å². The molecule has 98 valence electrons. The molecule has 1 aromatic carbocycles. The van der Waals surface area contributed by atoms with Crippen molar-refractivity contribution in [2.45, 2.75) is 32.1 Å². The molecule has 0 atom stereocenters. The van der Waals surface area contributed by atoms with Crippen LogP contribution >= 0.6 is 0 Å². The van der Waals surface area contributed by atoms with Gasteiger partial charge in [-0.15, -0.1) is 0 Å². The van der Waals surface area contributed by atoms with Gasteiger partial charge in [-0.05, 0) is 49.3 Å². The first-order valence-electron chi connectivity index (χ1n) is 6.58. The van der Waals surface area contributed by atoms with E-state index in [0.29, 0.717) is 13.0 Å². The monoisotopic (exact) mass is 248 g/mol. The fourth-order valence-electron chi connectivity index (χ4n) is 2.35. The van der Waals surface area contributed by atoms with E-state index in [4.69, 9.17) is 5.11 Å². The maximum atomic E-state index is 11.7. The number of aliphatic hydroxyl groups is 1. The Labute approximate surface area is 107 Å². The SMILES string of the molecule is O=C(NCCCO)Nc1cccc2c1CCCC2. The summed E-state index contributed by atoms with van der Waals surface area (Å²) in [5.41, 5.74) is 3.56. The number of aliphatic hydroxyl groups excluding tert-OH is 1. The Morgan fingerprint density at radius 3 is 2.94 bits per heavy atom. The van der Waals surface area contributed by atoms with Crippen LogP contribution < -0.4 is 10.6 Å². The number of carbonyl (C=O) groups is 1. The highest BCUT2D eigenvalue weighted by molar-refractivity contribution is 5.90. The van der Waals surface area contributed by atoms with E-state index < -0.39 is 0 Å². The molecule has 0 bridgehead atoms. The van der Waals surface area contributed by atoms with Crippen LogP contribution in [0.4, 0.5) is 10.5 Å². The average Bonchev–Trinajstić information content (AvgIpc) is 2.39. The quantitative estimate of drug-likeness (QED) is 0.714. The van der Waals surface area contributed by atoms with E-state index in [0.717, 1.165) is 18.5 Å². The molecule has 0 spiro atoms. The lowest BCUT2D eigenvalue weighted by Gasteiger charge is -2.19. The molecule has 0 aromatic heterocycles. The summed E-state index contributed by atoms with van der Waals surface area (Å²) in [5, 5.41) is 14.3. The third-order valence-corrected chi connectivity index (χ3v) is 3.26. The molecule has 3 N–H and O–H groups in total. The normalized spacial score (nSPS) is 13.8. The molecule has 18 heavy (non-hydrogen) atoms. The molecular weight excluding hydrogens is 228 g/mol. The first kappa shape index (κ1) is 12.9. The van der Waals surface area contributed by atoms with Gasteiger partial charge in [-0.3, -0.25) is 0 Å². The van der Waals surface area contributed by atoms with Crippen molar-refractivity contribution < 1.29 is 9.90 Å². The zero-order valence-corrected chi connectivity index (χ0v) is 10.5. The van der Waals surface area contributed by atoms with Gasteiger partial charge in [0.2, 0.25) is 0 Å². The van der Waals surface area contributed by atoms with Crippen molar-refractivity contribution in [2.24, 2.45) is 0 Å². The van der Waals surface area contributed by atoms with E-state index in [1.54, 1.807) is 0 Å². The predicted octanol–water partition coefficient (Wildman–Crippen LogP) is 2.07. The van der Waals surface area contributed by atoms with Crippen molar-refractivity contribution >= 4 is 11.7 Å². The van der Waals surface area contributed by atoms with Crippen LogP contribution in [-0.4, -0.2) is 24.3 Å². The molecule has 2 rings (SSSR count). The largest absolute Gasteiger partial charge is 0.396 e. The van der Waals surface area contributed by atoms with Crippen LogP contribution in [0.1, 0.15) is 30.4 Å². The summed E-state index contributed by atoms with van der Waals surface area (Å²) in [4.78, 5) is 11.7. The molecule has 2 amide bonds. The van der Waals surface area contributed by atoms with Crippen LogP contribution in [-0.2, 0) is 12.8 Å². The molecule has 4 heteroatoms. The highest BCUT2D eigenvalue weighted by Gasteiger charge is 2.13. The van der Waals surface area contributed by atoms with Gasteiger partial charge in [0.05, 0.1) is 0 Å². The van der Waals surface area contributed by atoms with E-state index in [2.05, 4.69) is 16.7 Å². The van der Waals surface area contributed by atoms with Gasteiger partial charge in [0.1, 0.15) is 0 Å². The predicted molar refractivity (Wildman–Crippen MR) is 71.8 cm³/mol. The van der Waals surface area contributed by atoms with Crippen LogP contribution in [0, 0.1) is 0 Å². The van der Waals surface area contributed by atoms with E-state index >= 15 is 0 Å². The summed E-state index contributed by atoms with van der Waals surface area (Å²) in [7, 11) is 0. The van der Waals surface area contributed by atoms with Crippen molar-refractivity contribution in [3.63, 3.8) is 0 Å².